The summed E-state index contributed by atoms with van der Waals surface area (Å²) in [7, 11) is 0. The molecule has 94 valence electrons. The number of hydrogen-bond acceptors (Lipinski definition) is 3. The van der Waals surface area contributed by atoms with Gasteiger partial charge in [0.25, 0.3) is 0 Å². The summed E-state index contributed by atoms with van der Waals surface area (Å²) in [6.07, 6.45) is 0. The van der Waals surface area contributed by atoms with Crippen molar-refractivity contribution >= 4 is 16.9 Å². The number of H-pyrrole nitrogens is 1. The number of aromatic amines is 1. The van der Waals surface area contributed by atoms with Crippen LogP contribution in [0.2, 0.25) is 0 Å². The molecule has 0 unspecified atom stereocenters. The van der Waals surface area contributed by atoms with Crippen LogP contribution in [0.4, 0.5) is 4.39 Å². The summed E-state index contributed by atoms with van der Waals surface area (Å²) in [5, 5.41) is 0. The quantitative estimate of drug-likeness (QED) is 0.717. The van der Waals surface area contributed by atoms with Crippen molar-refractivity contribution < 1.29 is 13.6 Å². The van der Waals surface area contributed by atoms with Crippen LogP contribution in [0.15, 0.2) is 51.7 Å². The van der Waals surface area contributed by atoms with Gasteiger partial charge < -0.3 is 4.42 Å². The summed E-state index contributed by atoms with van der Waals surface area (Å²) in [5.74, 6) is -1.23. The molecule has 5 heteroatoms. The number of halogens is 1. The number of oxazole rings is 1. The lowest BCUT2D eigenvalue weighted by atomic mass is 10.0. The zero-order chi connectivity index (χ0) is 13.4. The highest BCUT2D eigenvalue weighted by Gasteiger charge is 2.11. The van der Waals surface area contributed by atoms with Gasteiger partial charge in [-0.15, -0.1) is 0 Å². The first-order valence-electron chi connectivity index (χ1n) is 5.56. The molecule has 0 atom stereocenters. The zero-order valence-electron chi connectivity index (χ0n) is 9.64. The topological polar surface area (TPSA) is 63.1 Å². The fraction of sp³-hybridized carbons (Fsp3) is 0. The molecule has 4 nitrogen and oxygen atoms in total. The lowest BCUT2D eigenvalue weighted by molar-refractivity contribution is 0.103. The number of hydrogen-bond donors (Lipinski definition) is 1. The minimum Gasteiger partial charge on any atom is -0.408 e. The lowest BCUT2D eigenvalue weighted by Gasteiger charge is -2.00. The van der Waals surface area contributed by atoms with Crippen LogP contribution in [0, 0.1) is 5.82 Å². The number of carbonyl (C=O) groups is 1. The number of fused-ring (bicyclic) bond motifs is 1. The molecule has 0 bridgehead atoms. The van der Waals surface area contributed by atoms with Crippen LogP contribution in [0.1, 0.15) is 15.9 Å². The van der Waals surface area contributed by atoms with E-state index >= 15 is 0 Å². The van der Waals surface area contributed by atoms with Gasteiger partial charge in [-0.25, -0.2) is 9.18 Å². The Labute approximate surface area is 106 Å². The fourth-order valence-corrected chi connectivity index (χ4v) is 1.85. The molecule has 1 heterocycles. The number of carbonyl (C=O) groups excluding carboxylic acids is 1. The maximum Gasteiger partial charge on any atom is 0.417 e. The number of benzene rings is 2. The Morgan fingerprint density at radius 1 is 1.05 bits per heavy atom. The van der Waals surface area contributed by atoms with E-state index in [0.717, 1.165) is 0 Å². The highest BCUT2D eigenvalue weighted by Crippen LogP contribution is 2.16. The molecule has 19 heavy (non-hydrogen) atoms. The summed E-state index contributed by atoms with van der Waals surface area (Å²) in [6, 6.07) is 9.93. The molecular formula is C14H8FNO3. The Kier molecular flexibility index (Phi) is 2.52. The van der Waals surface area contributed by atoms with Crippen molar-refractivity contribution in [2.45, 2.75) is 0 Å². The van der Waals surface area contributed by atoms with E-state index in [-0.39, 0.29) is 5.78 Å². The summed E-state index contributed by atoms with van der Waals surface area (Å²) >= 11 is 0. The summed E-state index contributed by atoms with van der Waals surface area (Å²) < 4.78 is 17.7. The van der Waals surface area contributed by atoms with Gasteiger partial charge in [0.05, 0.1) is 5.52 Å². The maximum atomic E-state index is 12.8. The summed E-state index contributed by atoms with van der Waals surface area (Å²) in [4.78, 5) is 25.7. The molecule has 0 spiro atoms. The van der Waals surface area contributed by atoms with E-state index in [4.69, 9.17) is 4.42 Å². The second-order valence-corrected chi connectivity index (χ2v) is 4.06. The normalized spacial score (nSPS) is 10.8. The Morgan fingerprint density at radius 2 is 1.74 bits per heavy atom. The number of ketones is 1. The van der Waals surface area contributed by atoms with Gasteiger partial charge in [-0.1, -0.05) is 0 Å². The minimum absolute atomic E-state index is 0.259. The second kappa shape index (κ2) is 4.20. The predicted octanol–water partition coefficient (Wildman–Crippen LogP) is 2.49. The van der Waals surface area contributed by atoms with Crippen molar-refractivity contribution in [2.24, 2.45) is 0 Å². The van der Waals surface area contributed by atoms with Gasteiger partial charge >= 0.3 is 5.76 Å². The largest absolute Gasteiger partial charge is 0.417 e. The molecule has 0 aliphatic carbocycles. The molecule has 0 aliphatic rings. The molecule has 0 fully saturated rings. The molecule has 0 amide bonds. The third-order valence-corrected chi connectivity index (χ3v) is 2.79. The van der Waals surface area contributed by atoms with Crippen molar-refractivity contribution in [1.82, 2.24) is 4.98 Å². The van der Waals surface area contributed by atoms with Crippen LogP contribution in [0.3, 0.4) is 0 Å². The average Bonchev–Trinajstić information content (AvgIpc) is 2.77. The monoisotopic (exact) mass is 257 g/mol. The minimum atomic E-state index is -0.568. The molecule has 3 aromatic rings. The predicted molar refractivity (Wildman–Crippen MR) is 66.7 cm³/mol. The van der Waals surface area contributed by atoms with Gasteiger partial charge in [0.2, 0.25) is 0 Å². The molecule has 1 N–H and O–H groups in total. The van der Waals surface area contributed by atoms with Gasteiger partial charge in [0, 0.05) is 11.1 Å². The van der Waals surface area contributed by atoms with Gasteiger partial charge in [-0.2, -0.15) is 0 Å². The van der Waals surface area contributed by atoms with Crippen LogP contribution in [0.25, 0.3) is 11.1 Å². The van der Waals surface area contributed by atoms with E-state index in [2.05, 4.69) is 4.98 Å². The van der Waals surface area contributed by atoms with E-state index in [1.54, 1.807) is 12.1 Å². The van der Waals surface area contributed by atoms with E-state index in [1.807, 2.05) is 0 Å². The van der Waals surface area contributed by atoms with Crippen molar-refractivity contribution in [1.29, 1.82) is 0 Å². The van der Waals surface area contributed by atoms with Gasteiger partial charge in [-0.05, 0) is 42.5 Å². The number of aromatic nitrogens is 1. The van der Waals surface area contributed by atoms with Crippen LogP contribution in [0.5, 0.6) is 0 Å². The van der Waals surface area contributed by atoms with Crippen molar-refractivity contribution in [2.75, 3.05) is 0 Å². The molecule has 0 saturated carbocycles. The molecule has 2 aromatic carbocycles. The van der Waals surface area contributed by atoms with E-state index in [1.165, 1.54) is 30.3 Å². The average molecular weight is 257 g/mol. The maximum absolute atomic E-state index is 12.8. The Bertz CT molecular complexity index is 815. The van der Waals surface area contributed by atoms with Crippen molar-refractivity contribution in [3.8, 4) is 0 Å². The lowest BCUT2D eigenvalue weighted by Crippen LogP contribution is -2.00. The standard InChI is InChI=1S/C14H8FNO3/c15-10-4-1-8(2-5-10)13(17)9-3-6-11-12(7-9)19-14(18)16-11/h1-7H,(H,16,18). The SMILES string of the molecule is O=C(c1ccc(F)cc1)c1ccc2[nH]c(=O)oc2c1. The fourth-order valence-electron chi connectivity index (χ4n) is 1.85. The van der Waals surface area contributed by atoms with Crippen LogP contribution < -0.4 is 5.76 Å². The Hall–Kier alpha value is -2.69. The van der Waals surface area contributed by atoms with Gasteiger partial charge in [0.15, 0.2) is 11.4 Å². The van der Waals surface area contributed by atoms with Crippen LogP contribution in [-0.4, -0.2) is 10.8 Å². The third kappa shape index (κ3) is 2.06. The van der Waals surface area contributed by atoms with Crippen LogP contribution in [-0.2, 0) is 0 Å². The molecular weight excluding hydrogens is 249 g/mol. The smallest absolute Gasteiger partial charge is 0.408 e. The number of rotatable bonds is 2. The van der Waals surface area contributed by atoms with Gasteiger partial charge in [-0.3, -0.25) is 9.78 Å². The van der Waals surface area contributed by atoms with E-state index in [0.29, 0.717) is 22.2 Å². The molecule has 3 rings (SSSR count). The van der Waals surface area contributed by atoms with Crippen LogP contribution >= 0.6 is 0 Å². The first-order chi connectivity index (χ1) is 9.13. The first kappa shape index (κ1) is 11.4. The molecule has 0 saturated heterocycles. The third-order valence-electron chi connectivity index (χ3n) is 2.79. The molecule has 1 aromatic heterocycles. The Balaban J connectivity index is 2.05. The van der Waals surface area contributed by atoms with Crippen molar-refractivity contribution in [3.63, 3.8) is 0 Å². The van der Waals surface area contributed by atoms with E-state index in [9.17, 15) is 14.0 Å². The Morgan fingerprint density at radius 3 is 2.47 bits per heavy atom. The first-order valence-corrected chi connectivity index (χ1v) is 5.56. The summed E-state index contributed by atoms with van der Waals surface area (Å²) in [5.41, 5.74) is 1.60. The van der Waals surface area contributed by atoms with Crippen molar-refractivity contribution in [3.05, 3.63) is 70.0 Å². The molecule has 0 radical (unpaired) electrons. The molecule has 0 aliphatic heterocycles. The van der Waals surface area contributed by atoms with E-state index < -0.39 is 11.6 Å². The second-order valence-electron chi connectivity index (χ2n) is 4.06. The van der Waals surface area contributed by atoms with Gasteiger partial charge in [0.1, 0.15) is 5.82 Å². The summed E-state index contributed by atoms with van der Waals surface area (Å²) in [6.45, 7) is 0. The highest BCUT2D eigenvalue weighted by atomic mass is 19.1. The zero-order valence-corrected chi connectivity index (χ0v) is 9.64. The highest BCUT2D eigenvalue weighted by molar-refractivity contribution is 6.10. The number of nitrogens with one attached hydrogen (secondary N) is 1.